The van der Waals surface area contributed by atoms with Crippen molar-refractivity contribution in [3.05, 3.63) is 362 Å². The van der Waals surface area contributed by atoms with Gasteiger partial charge in [0, 0.05) is 68.2 Å². The minimum Gasteiger partial charge on any atom is -0.311 e. The molecule has 4 heteroatoms. The molecule has 6 fully saturated rings. The van der Waals surface area contributed by atoms with Crippen LogP contribution < -0.4 is 19.6 Å². The van der Waals surface area contributed by atoms with E-state index in [-0.39, 0.29) is 0 Å². The van der Waals surface area contributed by atoms with Gasteiger partial charge >= 0.3 is 0 Å². The Morgan fingerprint density at radius 1 is 0.156 bits per heavy atom. The molecule has 12 unspecified atom stereocenters. The second kappa shape index (κ2) is 25.2. The molecule has 12 aromatic carbocycles. The molecule has 0 aliphatic heterocycles. The molecule has 6 aliphatic rings. The van der Waals surface area contributed by atoms with Crippen molar-refractivity contribution in [2.75, 3.05) is 19.6 Å². The minimum absolute atomic E-state index is 0.385. The van der Waals surface area contributed by atoms with Gasteiger partial charge in [0.1, 0.15) is 0 Å². The summed E-state index contributed by atoms with van der Waals surface area (Å²) in [6.07, 6.45) is 7.83. The summed E-state index contributed by atoms with van der Waals surface area (Å²) in [5.41, 5.74) is 20.4. The normalized spacial score (nSPS) is 25.7. The van der Waals surface area contributed by atoms with Crippen LogP contribution in [0.1, 0.15) is 84.5 Å². The molecule has 0 heterocycles. The highest BCUT2D eigenvalue weighted by Crippen LogP contribution is 2.79. The standard InChI is InChI=1S/C92H82N4/c1-9-25-68(26-10-1)93(69-27-11-2-12-28-69)76-51-41-63(42-52-76)84-80-59-49-67-50-60-81-85(64-43-53-77(54-44-64)94(70-29-13-3-14-30-70)71-31-15-4-16-32-71)87(66-47-57-79(58-48-66)96(74-37-21-7-22-38-74)75-39-23-8-24-40-75)83-62-61-82(91-89(80)88(67)90(81)92(83)91)86(84)65-45-55-78(56-46-65)95(72-33-17-5-18-34-72)73-35-19-6-20-36-73/h1-48,51-58,67,80-92H,49-50,59-62H2. The second-order valence-corrected chi connectivity index (χ2v) is 28.5. The first-order valence-electron chi connectivity index (χ1n) is 35.7. The third-order valence-electron chi connectivity index (χ3n) is 24.2. The van der Waals surface area contributed by atoms with Crippen molar-refractivity contribution in [3.63, 3.8) is 0 Å². The molecule has 0 bridgehead atoms. The summed E-state index contributed by atoms with van der Waals surface area (Å²) in [5.74, 6) is 8.17. The molecule has 4 nitrogen and oxygen atoms in total. The number of benzene rings is 12. The molecule has 12 atom stereocenters. The number of hydrogen-bond acceptors (Lipinski definition) is 4. The molecule has 0 radical (unpaired) electrons. The lowest BCUT2D eigenvalue weighted by Gasteiger charge is -2.59. The fraction of sp³-hybridized carbons (Fsp3) is 0.217. The Bertz CT molecular complexity index is 4090. The first-order chi connectivity index (χ1) is 47.7. The first-order valence-corrected chi connectivity index (χ1v) is 35.7. The zero-order valence-electron chi connectivity index (χ0n) is 54.4. The van der Waals surface area contributed by atoms with E-state index in [1.807, 2.05) is 0 Å². The van der Waals surface area contributed by atoms with Crippen LogP contribution in [0.25, 0.3) is 0 Å². The highest BCUT2D eigenvalue weighted by atomic mass is 15.2. The quantitative estimate of drug-likeness (QED) is 0.0956. The maximum absolute atomic E-state index is 2.59. The van der Waals surface area contributed by atoms with Crippen LogP contribution >= 0.6 is 0 Å². The van der Waals surface area contributed by atoms with Crippen molar-refractivity contribution in [1.82, 2.24) is 0 Å². The van der Waals surface area contributed by atoms with Crippen LogP contribution in [0.2, 0.25) is 0 Å². The number of rotatable bonds is 16. The summed E-state index contributed by atoms with van der Waals surface area (Å²) < 4.78 is 0. The van der Waals surface area contributed by atoms with Gasteiger partial charge in [-0.1, -0.05) is 194 Å². The summed E-state index contributed by atoms with van der Waals surface area (Å²) in [5, 5.41) is 0. The largest absolute Gasteiger partial charge is 0.311 e. The van der Waals surface area contributed by atoms with Crippen molar-refractivity contribution in [3.8, 4) is 0 Å². The van der Waals surface area contributed by atoms with Gasteiger partial charge < -0.3 is 19.6 Å². The second-order valence-electron chi connectivity index (χ2n) is 28.5. The number of para-hydroxylation sites is 8. The SMILES string of the molecule is c1ccc(N(c2ccccc2)c2ccc(C3C4CCC5CCC6C(c7ccc(N(c8ccccc8)c8ccccc8)cc7)C(c7ccc(N(c8ccccc8)c8ccccc8)cc7)C7CCC(C3c3ccc(N(c8ccccc8)c8ccccc8)cc3)C3C4C5C6C73)cc2)cc1. The summed E-state index contributed by atoms with van der Waals surface area (Å²) in [7, 11) is 0. The van der Waals surface area contributed by atoms with E-state index in [4.69, 9.17) is 0 Å². The Morgan fingerprint density at radius 2 is 0.312 bits per heavy atom. The van der Waals surface area contributed by atoms with E-state index in [0.717, 1.165) is 11.8 Å². The van der Waals surface area contributed by atoms with E-state index in [9.17, 15) is 0 Å². The zero-order valence-corrected chi connectivity index (χ0v) is 54.4. The van der Waals surface area contributed by atoms with Crippen molar-refractivity contribution >= 4 is 68.2 Å². The molecule has 0 N–H and O–H groups in total. The Balaban J connectivity index is 0.780. The molecule has 18 rings (SSSR count). The number of nitrogens with zero attached hydrogens (tertiary/aromatic N) is 4. The van der Waals surface area contributed by atoms with Crippen LogP contribution in [-0.2, 0) is 0 Å². The Kier molecular flexibility index (Phi) is 15.3. The van der Waals surface area contributed by atoms with E-state index < -0.39 is 0 Å². The van der Waals surface area contributed by atoms with Gasteiger partial charge in [-0.15, -0.1) is 0 Å². The highest BCUT2D eigenvalue weighted by Gasteiger charge is 2.71. The van der Waals surface area contributed by atoms with Gasteiger partial charge in [0.2, 0.25) is 0 Å². The van der Waals surface area contributed by atoms with Crippen molar-refractivity contribution in [2.24, 2.45) is 59.2 Å². The molecule has 0 amide bonds. The molecule has 12 aromatic rings. The van der Waals surface area contributed by atoms with Crippen LogP contribution in [0.5, 0.6) is 0 Å². The molecule has 0 aromatic heterocycles. The molecule has 0 spiro atoms. The molecule has 6 aliphatic carbocycles. The fourth-order valence-electron chi connectivity index (χ4n) is 21.0. The predicted molar refractivity (Wildman–Crippen MR) is 398 cm³/mol. The number of hydrogen-bond donors (Lipinski definition) is 0. The van der Waals surface area contributed by atoms with E-state index in [2.05, 4.69) is 359 Å². The van der Waals surface area contributed by atoms with Crippen molar-refractivity contribution in [1.29, 1.82) is 0 Å². The molecule has 6 saturated carbocycles. The van der Waals surface area contributed by atoms with Gasteiger partial charge in [0.15, 0.2) is 0 Å². The van der Waals surface area contributed by atoms with Gasteiger partial charge in [-0.05, 0) is 289 Å². The zero-order chi connectivity index (χ0) is 63.5. The summed E-state index contributed by atoms with van der Waals surface area (Å²) >= 11 is 0. The van der Waals surface area contributed by atoms with Crippen LogP contribution in [0.15, 0.2) is 340 Å². The van der Waals surface area contributed by atoms with Crippen LogP contribution in [-0.4, -0.2) is 0 Å². The lowest BCUT2D eigenvalue weighted by atomic mass is 9.45. The van der Waals surface area contributed by atoms with Gasteiger partial charge in [-0.2, -0.15) is 0 Å². The third kappa shape index (κ3) is 10.3. The van der Waals surface area contributed by atoms with E-state index in [1.165, 1.54) is 129 Å². The van der Waals surface area contributed by atoms with E-state index in [1.54, 1.807) is 0 Å². The maximum Gasteiger partial charge on any atom is 0.0461 e. The fourth-order valence-corrected chi connectivity index (χ4v) is 21.0. The smallest absolute Gasteiger partial charge is 0.0461 e. The van der Waals surface area contributed by atoms with Gasteiger partial charge in [0.05, 0.1) is 0 Å². The predicted octanol–water partition coefficient (Wildman–Crippen LogP) is 24.6. The minimum atomic E-state index is 0.385. The van der Waals surface area contributed by atoms with Crippen LogP contribution in [0, 0.1) is 59.2 Å². The van der Waals surface area contributed by atoms with Crippen molar-refractivity contribution in [2.45, 2.75) is 62.2 Å². The molecular formula is C92H82N4. The Labute approximate surface area is 567 Å². The lowest BCUT2D eigenvalue weighted by Crippen LogP contribution is -2.51. The average molecular weight is 1240 g/mol. The Morgan fingerprint density at radius 3 is 0.500 bits per heavy atom. The van der Waals surface area contributed by atoms with Crippen LogP contribution in [0.4, 0.5) is 68.2 Å². The van der Waals surface area contributed by atoms with Gasteiger partial charge in [0.25, 0.3) is 0 Å². The number of anilines is 12. The molecule has 470 valence electrons. The van der Waals surface area contributed by atoms with E-state index >= 15 is 0 Å². The molecular weight excluding hydrogens is 1160 g/mol. The third-order valence-corrected chi connectivity index (χ3v) is 24.2. The first kappa shape index (κ1) is 58.4. The van der Waals surface area contributed by atoms with Crippen molar-refractivity contribution < 1.29 is 0 Å². The molecule has 96 heavy (non-hydrogen) atoms. The van der Waals surface area contributed by atoms with Gasteiger partial charge in [-0.3, -0.25) is 0 Å². The van der Waals surface area contributed by atoms with E-state index in [0.29, 0.717) is 71.0 Å². The lowest BCUT2D eigenvalue weighted by molar-refractivity contribution is -0.0498. The topological polar surface area (TPSA) is 13.0 Å². The monoisotopic (exact) mass is 1240 g/mol. The average Bonchev–Trinajstić information content (AvgIpc) is 1.50. The summed E-state index contributed by atoms with van der Waals surface area (Å²) in [4.78, 5) is 9.77. The molecule has 0 saturated heterocycles. The maximum atomic E-state index is 2.59. The summed E-state index contributed by atoms with van der Waals surface area (Å²) in [6, 6.07) is 128. The summed E-state index contributed by atoms with van der Waals surface area (Å²) in [6.45, 7) is 0. The Hall–Kier alpha value is -10.2. The van der Waals surface area contributed by atoms with Crippen LogP contribution in [0.3, 0.4) is 0 Å². The van der Waals surface area contributed by atoms with Gasteiger partial charge in [-0.25, -0.2) is 0 Å². The highest BCUT2D eigenvalue weighted by molar-refractivity contribution is 5.80.